The van der Waals surface area contributed by atoms with E-state index in [1.54, 1.807) is 6.07 Å². The number of anilines is 1. The van der Waals surface area contributed by atoms with Crippen molar-refractivity contribution in [3.05, 3.63) is 53.1 Å². The van der Waals surface area contributed by atoms with Gasteiger partial charge in [0, 0.05) is 78.4 Å². The lowest BCUT2D eigenvalue weighted by atomic mass is 9.86. The van der Waals surface area contributed by atoms with Gasteiger partial charge in [-0.1, -0.05) is 25.8 Å². The van der Waals surface area contributed by atoms with Gasteiger partial charge in [0.2, 0.25) is 0 Å². The Kier molecular flexibility index (Phi) is 7.68. The number of halogens is 2. The van der Waals surface area contributed by atoms with Crippen molar-refractivity contribution < 1.29 is 23.4 Å². The first-order valence-electron chi connectivity index (χ1n) is 18.1. The first kappa shape index (κ1) is 31.9. The van der Waals surface area contributed by atoms with Crippen molar-refractivity contribution >= 4 is 27.5 Å². The summed E-state index contributed by atoms with van der Waals surface area (Å²) in [5.74, 6) is 3.06. The Morgan fingerprint density at radius 3 is 2.48 bits per heavy atom. The quantitative estimate of drug-likeness (QED) is 0.213. The summed E-state index contributed by atoms with van der Waals surface area (Å²) in [5.41, 5.74) is 1.48. The van der Waals surface area contributed by atoms with Gasteiger partial charge in [0.05, 0.1) is 25.4 Å². The number of ether oxygens (including phenoxy) is 2. The zero-order valence-corrected chi connectivity index (χ0v) is 28.6. The first-order valence-corrected chi connectivity index (χ1v) is 18.1. The molecule has 1 aliphatic carbocycles. The Morgan fingerprint density at radius 2 is 1.80 bits per heavy atom. The summed E-state index contributed by atoms with van der Waals surface area (Å²) in [6, 6.07) is 8.65. The number of phenolic OH excluding ortho intramolecular Hbond substituents is 1. The topological polar surface area (TPSA) is 83.0 Å². The molecule has 0 radical (unpaired) electrons. The fourth-order valence-corrected chi connectivity index (χ4v) is 9.11. The molecule has 4 saturated heterocycles. The van der Waals surface area contributed by atoms with Gasteiger partial charge >= 0.3 is 6.01 Å². The molecular formula is C40H43F2N5O3. The van der Waals surface area contributed by atoms with Crippen LogP contribution in [0.3, 0.4) is 0 Å². The summed E-state index contributed by atoms with van der Waals surface area (Å²) >= 11 is 0. The molecule has 5 fully saturated rings. The lowest BCUT2D eigenvalue weighted by molar-refractivity contribution is 0.131. The van der Waals surface area contributed by atoms with Crippen LogP contribution in [0.2, 0.25) is 0 Å². The minimum Gasteiger partial charge on any atom is -0.508 e. The summed E-state index contributed by atoms with van der Waals surface area (Å²) in [7, 11) is 0. The predicted molar refractivity (Wildman–Crippen MR) is 190 cm³/mol. The van der Waals surface area contributed by atoms with Crippen LogP contribution in [0, 0.1) is 41.2 Å². The third-order valence-electron chi connectivity index (χ3n) is 11.9. The summed E-state index contributed by atoms with van der Waals surface area (Å²) in [6.45, 7) is 10.8. The molecule has 260 valence electrons. The average Bonchev–Trinajstić information content (AvgIpc) is 3.34. The van der Waals surface area contributed by atoms with Crippen LogP contribution in [0.1, 0.15) is 56.6 Å². The summed E-state index contributed by atoms with van der Waals surface area (Å²) < 4.78 is 44.8. The number of phenols is 1. The number of benzene rings is 3. The lowest BCUT2D eigenvalue weighted by Gasteiger charge is -2.34. The number of hydrogen-bond acceptors (Lipinski definition) is 8. The predicted octanol–water partition coefficient (Wildman–Crippen LogP) is 6.22. The Balaban J connectivity index is 1.16. The van der Waals surface area contributed by atoms with Crippen LogP contribution in [-0.4, -0.2) is 84.6 Å². The molecule has 10 heteroatoms. The van der Waals surface area contributed by atoms with Gasteiger partial charge in [-0.3, -0.25) is 0 Å². The summed E-state index contributed by atoms with van der Waals surface area (Å²) in [4.78, 5) is 14.6. The highest BCUT2D eigenvalue weighted by Crippen LogP contribution is 2.48. The molecule has 1 saturated carbocycles. The van der Waals surface area contributed by atoms with Gasteiger partial charge in [-0.25, -0.2) is 8.78 Å². The normalized spacial score (nSPS) is 25.5. The lowest BCUT2D eigenvalue weighted by Crippen LogP contribution is -2.51. The molecule has 5 aliphatic rings. The van der Waals surface area contributed by atoms with E-state index < -0.39 is 11.6 Å². The van der Waals surface area contributed by atoms with E-state index in [1.165, 1.54) is 18.2 Å². The third kappa shape index (κ3) is 5.45. The maximum Gasteiger partial charge on any atom is 0.319 e. The van der Waals surface area contributed by atoms with Crippen molar-refractivity contribution in [2.75, 3.05) is 57.4 Å². The molecular weight excluding hydrogens is 636 g/mol. The van der Waals surface area contributed by atoms with Crippen LogP contribution in [-0.2, 0) is 4.74 Å². The van der Waals surface area contributed by atoms with E-state index in [9.17, 15) is 5.11 Å². The smallest absolute Gasteiger partial charge is 0.319 e. The van der Waals surface area contributed by atoms with Crippen molar-refractivity contribution in [3.63, 3.8) is 0 Å². The molecule has 3 aromatic carbocycles. The SMILES string of the molecule is C#Cc1c(F)ccc2cc(O)cc(-c3c(C(C)C)cc4c(N5CC6CCC(C5)N6)nc(OCC5(CN6C[C@H]7COC[C@@H]7C6)CC5)nc4c3F)c12. The molecule has 9 rings (SSSR count). The number of hydrogen-bond donors (Lipinski definition) is 2. The highest BCUT2D eigenvalue weighted by molar-refractivity contribution is 6.05. The maximum atomic E-state index is 17.5. The van der Waals surface area contributed by atoms with E-state index in [1.807, 2.05) is 19.9 Å². The van der Waals surface area contributed by atoms with Crippen LogP contribution in [0.5, 0.6) is 11.8 Å². The number of aromatic hydroxyl groups is 1. The van der Waals surface area contributed by atoms with Gasteiger partial charge in [-0.15, -0.1) is 6.42 Å². The van der Waals surface area contributed by atoms with Gasteiger partial charge in [-0.05, 0) is 72.4 Å². The van der Waals surface area contributed by atoms with E-state index in [2.05, 4.69) is 21.0 Å². The fourth-order valence-electron chi connectivity index (χ4n) is 9.11. The maximum absolute atomic E-state index is 17.5. The minimum absolute atomic E-state index is 0.0271. The number of fused-ring (bicyclic) bond motifs is 5. The van der Waals surface area contributed by atoms with Crippen LogP contribution < -0.4 is 15.0 Å². The van der Waals surface area contributed by atoms with E-state index in [0.29, 0.717) is 63.6 Å². The highest BCUT2D eigenvalue weighted by atomic mass is 19.1. The fraction of sp³-hybridized carbons (Fsp3) is 0.500. The molecule has 4 atom stereocenters. The number of likely N-dealkylation sites (tertiary alicyclic amines) is 1. The third-order valence-corrected chi connectivity index (χ3v) is 11.9. The van der Waals surface area contributed by atoms with Crippen molar-refractivity contribution in [2.24, 2.45) is 17.3 Å². The molecule has 1 aromatic heterocycles. The Labute approximate surface area is 291 Å². The first-order chi connectivity index (χ1) is 24.2. The van der Waals surface area contributed by atoms with Gasteiger partial charge in [0.25, 0.3) is 0 Å². The average molecular weight is 680 g/mol. The van der Waals surface area contributed by atoms with Crippen molar-refractivity contribution in [1.82, 2.24) is 20.2 Å². The molecule has 4 aromatic rings. The van der Waals surface area contributed by atoms with E-state index >= 15 is 8.78 Å². The number of aromatic nitrogens is 2. The summed E-state index contributed by atoms with van der Waals surface area (Å²) in [6.07, 6.45) is 10.2. The Hall–Kier alpha value is -4.04. The molecule has 2 bridgehead atoms. The zero-order valence-electron chi connectivity index (χ0n) is 28.6. The monoisotopic (exact) mass is 679 g/mol. The molecule has 5 heterocycles. The van der Waals surface area contributed by atoms with Crippen molar-refractivity contribution in [1.29, 1.82) is 0 Å². The number of rotatable bonds is 8. The van der Waals surface area contributed by atoms with Gasteiger partial charge in [0.1, 0.15) is 22.9 Å². The van der Waals surface area contributed by atoms with Crippen molar-refractivity contribution in [2.45, 2.75) is 57.5 Å². The number of nitrogens with one attached hydrogen (secondary N) is 1. The molecule has 4 aliphatic heterocycles. The second-order valence-corrected chi connectivity index (χ2v) is 15.8. The van der Waals surface area contributed by atoms with E-state index in [-0.39, 0.29) is 39.7 Å². The number of terminal acetylenes is 1. The minimum atomic E-state index is -0.577. The second-order valence-electron chi connectivity index (χ2n) is 15.8. The molecule has 0 amide bonds. The second kappa shape index (κ2) is 12.0. The van der Waals surface area contributed by atoms with Gasteiger partial charge < -0.3 is 29.7 Å². The van der Waals surface area contributed by atoms with Crippen LogP contribution in [0.15, 0.2) is 30.3 Å². The molecule has 8 nitrogen and oxygen atoms in total. The number of piperazine rings is 1. The van der Waals surface area contributed by atoms with Crippen molar-refractivity contribution in [3.8, 4) is 35.2 Å². The highest BCUT2D eigenvalue weighted by Gasteiger charge is 2.48. The Bertz CT molecular complexity index is 2040. The largest absolute Gasteiger partial charge is 0.508 e. The number of nitrogens with zero attached hydrogens (tertiary/aromatic N) is 4. The van der Waals surface area contributed by atoms with Crippen LogP contribution in [0.25, 0.3) is 32.8 Å². The molecule has 50 heavy (non-hydrogen) atoms. The van der Waals surface area contributed by atoms with Gasteiger partial charge in [0.15, 0.2) is 5.82 Å². The molecule has 0 spiro atoms. The zero-order chi connectivity index (χ0) is 34.3. The van der Waals surface area contributed by atoms with Gasteiger partial charge in [-0.2, -0.15) is 9.97 Å². The molecule has 2 unspecified atom stereocenters. The summed E-state index contributed by atoms with van der Waals surface area (Å²) in [5, 5.41) is 16.0. The Morgan fingerprint density at radius 1 is 1.06 bits per heavy atom. The van der Waals surface area contributed by atoms with Crippen LogP contribution in [0.4, 0.5) is 14.6 Å². The van der Waals surface area contributed by atoms with E-state index in [0.717, 1.165) is 71.6 Å². The van der Waals surface area contributed by atoms with E-state index in [4.69, 9.17) is 25.9 Å². The molecule has 2 N–H and O–H groups in total. The van der Waals surface area contributed by atoms with Crippen LogP contribution >= 0.6 is 0 Å². The standard InChI is InChI=1S/C40H43F2N5O3/c1-4-29-33(41)8-5-23-11-28(48)12-31(34(23)29)35-30(22(2)3)13-32-37(36(35)42)44-39(45-38(32)47-16-26-6-7-27(17-47)43-26)50-21-40(9-10-40)20-46-14-24-18-49-19-25(24)15-46/h1,5,8,11-13,22,24-27,43,48H,6-7,9-10,14-21H2,2-3H3/t24-,25-,26?,27?/m0/s1.